The molecule has 2 heterocycles. The Morgan fingerprint density at radius 1 is 1.03 bits per heavy atom. The third kappa shape index (κ3) is 9.44. The third-order valence-corrected chi connectivity index (χ3v) is 6.42. The van der Waals surface area contributed by atoms with Crippen molar-refractivity contribution < 1.29 is 27.4 Å². The fourth-order valence-electron chi connectivity index (χ4n) is 4.27. The molecule has 0 bridgehead atoms. The van der Waals surface area contributed by atoms with Gasteiger partial charge in [0.1, 0.15) is 6.61 Å². The quantitative estimate of drug-likeness (QED) is 0.315. The molecule has 1 aromatic heterocycles. The second kappa shape index (κ2) is 14.7. The summed E-state index contributed by atoms with van der Waals surface area (Å²) in [6, 6.07) is 18.2. The molecule has 1 amide bonds. The zero-order valence-electron chi connectivity index (χ0n) is 22.0. The maximum absolute atomic E-state index is 13.2. The number of benzene rings is 2. The number of hydrogen-bond acceptors (Lipinski definition) is 5. The summed E-state index contributed by atoms with van der Waals surface area (Å²) in [7, 11) is 0. The predicted octanol–water partition coefficient (Wildman–Crippen LogP) is 6.66. The van der Waals surface area contributed by atoms with Crippen LogP contribution in [0.3, 0.4) is 0 Å². The molecule has 0 spiro atoms. The van der Waals surface area contributed by atoms with Crippen molar-refractivity contribution in [2.24, 2.45) is 5.92 Å². The van der Waals surface area contributed by atoms with Gasteiger partial charge in [-0.3, -0.25) is 14.7 Å². The Bertz CT molecular complexity index is 1160. The van der Waals surface area contributed by atoms with Gasteiger partial charge < -0.3 is 14.8 Å². The van der Waals surface area contributed by atoms with Crippen LogP contribution in [0.15, 0.2) is 72.9 Å². The zero-order valence-corrected chi connectivity index (χ0v) is 22.7. The number of halogens is 4. The second-order valence-electron chi connectivity index (χ2n) is 8.71. The van der Waals surface area contributed by atoms with Gasteiger partial charge >= 0.3 is 6.36 Å². The minimum absolute atomic E-state index is 0.0388. The molecule has 210 valence electrons. The van der Waals surface area contributed by atoms with Crippen LogP contribution in [0.1, 0.15) is 44.0 Å². The molecule has 1 aliphatic heterocycles. The van der Waals surface area contributed by atoms with Crippen molar-refractivity contribution >= 4 is 17.5 Å². The molecule has 1 saturated heterocycles. The molecule has 0 radical (unpaired) electrons. The minimum Gasteiger partial charge on any atom is -0.488 e. The van der Waals surface area contributed by atoms with E-state index >= 15 is 0 Å². The molecular weight excluding hydrogens is 531 g/mol. The number of nitrogens with one attached hydrogen (secondary N) is 1. The third-order valence-electron chi connectivity index (χ3n) is 6.17. The van der Waals surface area contributed by atoms with Gasteiger partial charge in [0, 0.05) is 23.7 Å². The Hall–Kier alpha value is -3.30. The Morgan fingerprint density at radius 2 is 1.67 bits per heavy atom. The molecule has 1 unspecified atom stereocenters. The number of ether oxygens (including phenoxy) is 2. The van der Waals surface area contributed by atoms with E-state index in [0.717, 1.165) is 11.3 Å². The summed E-state index contributed by atoms with van der Waals surface area (Å²) in [4.78, 5) is 19.7. The van der Waals surface area contributed by atoms with Crippen LogP contribution in [0, 0.1) is 5.92 Å². The van der Waals surface area contributed by atoms with E-state index in [0.29, 0.717) is 37.5 Å². The Balaban J connectivity index is 0.00000205. The highest BCUT2D eigenvalue weighted by atomic mass is 35.5. The van der Waals surface area contributed by atoms with Crippen LogP contribution < -0.4 is 14.8 Å². The maximum Gasteiger partial charge on any atom is 0.573 e. The Kier molecular flexibility index (Phi) is 11.4. The van der Waals surface area contributed by atoms with Crippen molar-refractivity contribution in [1.82, 2.24) is 15.2 Å². The molecule has 0 saturated carbocycles. The van der Waals surface area contributed by atoms with Crippen molar-refractivity contribution in [1.29, 1.82) is 0 Å². The van der Waals surface area contributed by atoms with Crippen molar-refractivity contribution in [3.63, 3.8) is 0 Å². The number of rotatable bonds is 9. The number of piperidine rings is 1. The van der Waals surface area contributed by atoms with Gasteiger partial charge in [-0.1, -0.05) is 55.8 Å². The number of aromatic nitrogens is 1. The van der Waals surface area contributed by atoms with Crippen molar-refractivity contribution in [2.75, 3.05) is 26.2 Å². The summed E-state index contributed by atoms with van der Waals surface area (Å²) in [5, 5.41) is 3.76. The van der Waals surface area contributed by atoms with Gasteiger partial charge in [0.05, 0.1) is 11.7 Å². The molecule has 10 heteroatoms. The molecule has 3 aromatic rings. The highest BCUT2D eigenvalue weighted by Crippen LogP contribution is 2.32. The van der Waals surface area contributed by atoms with E-state index in [9.17, 15) is 18.0 Å². The Morgan fingerprint density at radius 3 is 2.28 bits per heavy atom. The van der Waals surface area contributed by atoms with Crippen LogP contribution >= 0.6 is 11.6 Å². The van der Waals surface area contributed by atoms with Crippen LogP contribution in [0.25, 0.3) is 0 Å². The number of pyridine rings is 1. The first-order valence-corrected chi connectivity index (χ1v) is 13.3. The van der Waals surface area contributed by atoms with E-state index in [2.05, 4.69) is 19.9 Å². The monoisotopic (exact) mass is 563 g/mol. The van der Waals surface area contributed by atoms with Gasteiger partial charge in [0.15, 0.2) is 11.5 Å². The molecule has 1 N–H and O–H groups in total. The highest BCUT2D eigenvalue weighted by molar-refractivity contribution is 6.30. The molecule has 2 aromatic carbocycles. The molecule has 6 nitrogen and oxygen atoms in total. The molecular formula is C29H33ClF3N3O3. The summed E-state index contributed by atoms with van der Waals surface area (Å²) in [5.41, 5.74) is 1.63. The van der Waals surface area contributed by atoms with Gasteiger partial charge in [0.2, 0.25) is 5.91 Å². The smallest absolute Gasteiger partial charge is 0.488 e. The lowest BCUT2D eigenvalue weighted by Gasteiger charge is -2.32. The van der Waals surface area contributed by atoms with Gasteiger partial charge in [0.25, 0.3) is 0 Å². The van der Waals surface area contributed by atoms with E-state index in [-0.39, 0.29) is 29.9 Å². The maximum atomic E-state index is 13.2. The topological polar surface area (TPSA) is 63.7 Å². The normalized spacial score (nSPS) is 15.0. The lowest BCUT2D eigenvalue weighted by molar-refractivity contribution is -0.275. The van der Waals surface area contributed by atoms with E-state index in [1.54, 1.807) is 24.4 Å². The van der Waals surface area contributed by atoms with E-state index in [4.69, 9.17) is 16.3 Å². The minimum atomic E-state index is -4.79. The van der Waals surface area contributed by atoms with Crippen molar-refractivity contribution in [3.8, 4) is 11.5 Å². The van der Waals surface area contributed by atoms with Crippen LogP contribution in [-0.4, -0.2) is 48.4 Å². The number of amides is 1. The standard InChI is InChI=1S/C27H27ClF3N3O3.C2H6/c28-21-10-8-19(9-11-21)25(22-5-3-4-14-32-22)33-26(35)20-12-15-34(16-13-20)17-18-36-23-6-1-2-7-24(23)37-27(29,30)31;1-2/h1-11,14,20,25H,12-13,15-18H2,(H,33,35);1-2H3. The first kappa shape index (κ1) is 30.2. The molecule has 4 rings (SSSR count). The number of likely N-dealkylation sites (tertiary alicyclic amines) is 1. The first-order chi connectivity index (χ1) is 18.8. The van der Waals surface area contributed by atoms with Crippen molar-refractivity contribution in [2.45, 2.75) is 39.1 Å². The van der Waals surface area contributed by atoms with E-state index < -0.39 is 12.4 Å². The van der Waals surface area contributed by atoms with E-state index in [1.807, 2.05) is 44.2 Å². The number of hydrogen-bond donors (Lipinski definition) is 1. The summed E-state index contributed by atoms with van der Waals surface area (Å²) in [5.74, 6) is -0.526. The number of alkyl halides is 3. The summed E-state index contributed by atoms with van der Waals surface area (Å²) in [6.45, 7) is 6.08. The van der Waals surface area contributed by atoms with Gasteiger partial charge in [-0.2, -0.15) is 0 Å². The fraction of sp³-hybridized carbons (Fsp3) is 0.379. The van der Waals surface area contributed by atoms with Crippen LogP contribution in [0.2, 0.25) is 5.02 Å². The Labute approximate surface area is 232 Å². The highest BCUT2D eigenvalue weighted by Gasteiger charge is 2.32. The van der Waals surface area contributed by atoms with Crippen LogP contribution in [0.5, 0.6) is 11.5 Å². The van der Waals surface area contributed by atoms with Crippen molar-refractivity contribution in [3.05, 3.63) is 89.2 Å². The van der Waals surface area contributed by atoms with Gasteiger partial charge in [-0.05, 0) is 67.9 Å². The second-order valence-corrected chi connectivity index (χ2v) is 9.14. The summed E-state index contributed by atoms with van der Waals surface area (Å²) < 4.78 is 47.4. The van der Waals surface area contributed by atoms with Gasteiger partial charge in [-0.25, -0.2) is 0 Å². The molecule has 1 atom stereocenters. The largest absolute Gasteiger partial charge is 0.573 e. The average molecular weight is 564 g/mol. The fourth-order valence-corrected chi connectivity index (χ4v) is 4.40. The lowest BCUT2D eigenvalue weighted by atomic mass is 9.94. The summed E-state index contributed by atoms with van der Waals surface area (Å²) in [6.07, 6.45) is -1.77. The van der Waals surface area contributed by atoms with Gasteiger partial charge in [-0.15, -0.1) is 13.2 Å². The van der Waals surface area contributed by atoms with E-state index in [1.165, 1.54) is 18.2 Å². The molecule has 0 aliphatic carbocycles. The SMILES string of the molecule is CC.O=C(NC(c1ccc(Cl)cc1)c1ccccn1)C1CCN(CCOc2ccccc2OC(F)(F)F)CC1. The number of carbonyl (C=O) groups is 1. The predicted molar refractivity (Wildman–Crippen MR) is 145 cm³/mol. The number of nitrogens with zero attached hydrogens (tertiary/aromatic N) is 2. The molecule has 1 aliphatic rings. The average Bonchev–Trinajstić information content (AvgIpc) is 2.94. The number of carbonyl (C=O) groups excluding carboxylic acids is 1. The van der Waals surface area contributed by atoms with Crippen LogP contribution in [-0.2, 0) is 4.79 Å². The summed E-state index contributed by atoms with van der Waals surface area (Å²) >= 11 is 6.04. The first-order valence-electron chi connectivity index (χ1n) is 13.0. The molecule has 1 fully saturated rings. The van der Waals surface area contributed by atoms with Crippen LogP contribution in [0.4, 0.5) is 13.2 Å². The molecule has 39 heavy (non-hydrogen) atoms. The number of para-hydroxylation sites is 2. The lowest BCUT2D eigenvalue weighted by Crippen LogP contribution is -2.43. The zero-order chi connectivity index (χ0) is 28.3.